The summed E-state index contributed by atoms with van der Waals surface area (Å²) in [6.07, 6.45) is 1.58. The lowest BCUT2D eigenvalue weighted by molar-refractivity contribution is -0.143. The normalized spacial score (nSPS) is 18.4. The molecule has 0 spiro atoms. The summed E-state index contributed by atoms with van der Waals surface area (Å²) in [4.78, 5) is 143. The molecule has 4 unspecified atom stereocenters. The molecule has 2 heterocycles. The smallest absolute Gasteiger partial charge is 0.246 e. The van der Waals surface area contributed by atoms with Gasteiger partial charge in [-0.1, -0.05) is 61.2 Å². The number of likely N-dealkylation sites (tertiary alicyclic amines) is 1. The van der Waals surface area contributed by atoms with Gasteiger partial charge in [0.1, 0.15) is 48.3 Å². The number of rotatable bonds is 22. The second-order valence-electron chi connectivity index (χ2n) is 16.9. The van der Waals surface area contributed by atoms with E-state index in [-0.39, 0.29) is 50.7 Å². The van der Waals surface area contributed by atoms with Crippen molar-refractivity contribution in [1.82, 2.24) is 47.4 Å². The Kier molecular flexibility index (Phi) is 25.5. The highest BCUT2D eigenvalue weighted by Gasteiger charge is 2.40. The molecule has 2 aromatic carbocycles. The van der Waals surface area contributed by atoms with Crippen molar-refractivity contribution in [2.75, 3.05) is 59.7 Å². The van der Waals surface area contributed by atoms with Crippen molar-refractivity contribution in [3.05, 3.63) is 77.9 Å². The van der Waals surface area contributed by atoms with E-state index in [4.69, 9.17) is 10.2 Å². The maximum Gasteiger partial charge on any atom is 0.246 e. The summed E-state index contributed by atoms with van der Waals surface area (Å²) < 4.78 is 0. The topological polar surface area (TPSA) is 388 Å². The molecule has 2 aromatic rings. The Balaban J connectivity index is 0.00000694. The number of hydrogen-bond donors (Lipinski definition) is 13. The van der Waals surface area contributed by atoms with Crippen LogP contribution in [0.4, 0.5) is 0 Å². The SMILES string of the molecule is C=C1CCC(=O)C[C@@H](Cc2ccccc2)C(=O)N[C@H](C(=O)N2CCC[C@H]2C(=O)NC(CO)C(=O)NCC(=O)NC(CO)C(=O)NCC(=O)NC(CO)C(=O)NCC(=O)NC(C=O)CO)Cc2cccc1c2.CO. The Bertz CT molecular complexity index is 2280. The summed E-state index contributed by atoms with van der Waals surface area (Å²) >= 11 is 0. The van der Waals surface area contributed by atoms with Crippen molar-refractivity contribution in [3.63, 3.8) is 0 Å². The van der Waals surface area contributed by atoms with Crippen LogP contribution >= 0.6 is 0 Å². The predicted octanol–water partition coefficient (Wildman–Crippen LogP) is -5.61. The van der Waals surface area contributed by atoms with Gasteiger partial charge in [-0.3, -0.25) is 47.9 Å². The van der Waals surface area contributed by atoms with E-state index in [1.807, 2.05) is 42.5 Å². The van der Waals surface area contributed by atoms with E-state index in [1.54, 1.807) is 12.1 Å². The van der Waals surface area contributed by atoms with Gasteiger partial charge in [-0.15, -0.1) is 0 Å². The largest absolute Gasteiger partial charge is 0.400 e. The monoisotopic (exact) mass is 1020 g/mol. The fourth-order valence-electron chi connectivity index (χ4n) is 7.71. The highest BCUT2D eigenvalue weighted by atomic mass is 16.3. The highest BCUT2D eigenvalue weighted by Crippen LogP contribution is 2.25. The first-order chi connectivity index (χ1) is 35.0. The van der Waals surface area contributed by atoms with Gasteiger partial charge in [0.05, 0.1) is 46.1 Å². The van der Waals surface area contributed by atoms with Gasteiger partial charge in [0.2, 0.25) is 53.2 Å². The molecule has 25 heteroatoms. The van der Waals surface area contributed by atoms with Crippen LogP contribution in [0.25, 0.3) is 5.57 Å². The molecule has 25 nitrogen and oxygen atoms in total. The number of aliphatic hydroxyl groups excluding tert-OH is 5. The predicted molar refractivity (Wildman–Crippen MR) is 258 cm³/mol. The first-order valence-corrected chi connectivity index (χ1v) is 23.3. The third-order valence-electron chi connectivity index (χ3n) is 11.6. The lowest BCUT2D eigenvalue weighted by Crippen LogP contribution is -2.58. The fourth-order valence-corrected chi connectivity index (χ4v) is 7.71. The Morgan fingerprint density at radius 2 is 1.26 bits per heavy atom. The van der Waals surface area contributed by atoms with E-state index in [0.29, 0.717) is 18.4 Å². The van der Waals surface area contributed by atoms with Gasteiger partial charge in [0.15, 0.2) is 0 Å². The van der Waals surface area contributed by atoms with Gasteiger partial charge in [-0.2, -0.15) is 0 Å². The molecule has 2 bridgehead atoms. The minimum absolute atomic E-state index is 0.0372. The summed E-state index contributed by atoms with van der Waals surface area (Å²) in [5.41, 5.74) is 3.01. The van der Waals surface area contributed by atoms with E-state index < -0.39 is 141 Å². The summed E-state index contributed by atoms with van der Waals surface area (Å²) in [5, 5.41) is 63.4. The van der Waals surface area contributed by atoms with Gasteiger partial charge in [-0.25, -0.2) is 0 Å². The zero-order chi connectivity index (χ0) is 54.0. The zero-order valence-electron chi connectivity index (χ0n) is 40.3. The number of aldehydes is 1. The van der Waals surface area contributed by atoms with Crippen molar-refractivity contribution < 1.29 is 78.3 Å². The number of hydrogen-bond acceptors (Lipinski definition) is 16. The van der Waals surface area contributed by atoms with Crippen LogP contribution in [0, 0.1) is 5.92 Å². The molecule has 0 aliphatic carbocycles. The molecular weight excluding hydrogens is 959 g/mol. The lowest BCUT2D eigenvalue weighted by Gasteiger charge is -2.30. The number of allylic oxidation sites excluding steroid dienone is 1. The number of nitrogens with one attached hydrogen (secondary N) is 8. The number of Topliss-reactive ketones (excluding diaryl/α,β-unsaturated/α-hetero) is 1. The van der Waals surface area contributed by atoms with Crippen molar-refractivity contribution >= 4 is 70.8 Å². The number of nitrogens with zero attached hydrogens (tertiary/aromatic N) is 1. The highest BCUT2D eigenvalue weighted by molar-refractivity contribution is 5.97. The maximum atomic E-state index is 14.5. The minimum Gasteiger partial charge on any atom is -0.400 e. The van der Waals surface area contributed by atoms with Gasteiger partial charge in [0.25, 0.3) is 0 Å². The molecule has 2 aliphatic rings. The first-order valence-electron chi connectivity index (χ1n) is 23.3. The van der Waals surface area contributed by atoms with Crippen molar-refractivity contribution in [3.8, 4) is 0 Å². The molecule has 13 N–H and O–H groups in total. The molecule has 398 valence electrons. The number of carbonyl (C=O) groups excluding carboxylic acids is 11. The molecule has 73 heavy (non-hydrogen) atoms. The lowest BCUT2D eigenvalue weighted by atomic mass is 9.91. The van der Waals surface area contributed by atoms with Gasteiger partial charge in [0, 0.05) is 38.8 Å². The van der Waals surface area contributed by atoms with Crippen molar-refractivity contribution in [2.45, 2.75) is 81.2 Å². The molecule has 2 aliphatic heterocycles. The second kappa shape index (κ2) is 31.1. The number of ketones is 1. The Labute approximate surface area is 420 Å². The standard InChI is InChI=1S/C47H61N9O15.CH4O/c1-27-12-13-33(62)18-31(15-28-7-3-2-4-8-28)42(66)54-34(17-29-9-5-10-30(27)16-29)47(71)56-14-6-11-38(56)46(70)55-37(26-61)45(69)50-21-41(65)53-36(25-60)44(68)49-20-40(64)52-35(24-59)43(67)48-19-39(63)51-32(22-57)23-58;1-2/h2-5,7-10,16,22,31-32,34-38,58-61H,1,6,11-15,17-21,23-26H2,(H,48,67)(H,49,68)(H,50,69)(H,51,63)(H,52,64)(H,53,65)(H,54,66)(H,55,70);2H,1H3/t31-,32?,34+,35?,36?,37?,38+;/m1./s1. The molecule has 0 radical (unpaired) electrons. The van der Waals surface area contributed by atoms with Crippen molar-refractivity contribution in [2.24, 2.45) is 5.92 Å². The first kappa shape index (κ1) is 59.9. The van der Waals surface area contributed by atoms with Crippen LogP contribution in [-0.2, 0) is 65.6 Å². The quantitative estimate of drug-likeness (QED) is 0.0489. The van der Waals surface area contributed by atoms with Crippen LogP contribution in [0.2, 0.25) is 0 Å². The van der Waals surface area contributed by atoms with E-state index in [0.717, 1.165) is 23.8 Å². The van der Waals surface area contributed by atoms with Crippen LogP contribution in [0.3, 0.4) is 0 Å². The molecule has 1 saturated heterocycles. The average Bonchev–Trinajstić information content (AvgIpc) is 3.90. The minimum atomic E-state index is -1.66. The Hall–Kier alpha value is -7.45. The third kappa shape index (κ3) is 19.2. The second-order valence-corrected chi connectivity index (χ2v) is 16.9. The van der Waals surface area contributed by atoms with E-state index in [1.165, 1.54) is 4.90 Å². The fraction of sp³-hybridized carbons (Fsp3) is 0.479. The van der Waals surface area contributed by atoms with Gasteiger partial charge in [-0.05, 0) is 47.9 Å². The van der Waals surface area contributed by atoms with Crippen LogP contribution in [0.5, 0.6) is 0 Å². The number of benzene rings is 2. The summed E-state index contributed by atoms with van der Waals surface area (Å²) in [6, 6.07) is 8.02. The van der Waals surface area contributed by atoms with Crippen molar-refractivity contribution in [1.29, 1.82) is 0 Å². The Morgan fingerprint density at radius 3 is 1.79 bits per heavy atom. The molecule has 9 amide bonds. The van der Waals surface area contributed by atoms with E-state index in [2.05, 4.69) is 49.1 Å². The number of fused-ring (bicyclic) bond motifs is 2. The van der Waals surface area contributed by atoms with Gasteiger partial charge < -0.3 is 77.8 Å². The average molecular weight is 1020 g/mol. The van der Waals surface area contributed by atoms with Crippen LogP contribution in [0.1, 0.15) is 48.8 Å². The van der Waals surface area contributed by atoms with Crippen LogP contribution < -0.4 is 42.5 Å². The molecule has 7 atom stereocenters. The Morgan fingerprint density at radius 1 is 0.712 bits per heavy atom. The van der Waals surface area contributed by atoms with Crippen LogP contribution in [0.15, 0.2) is 61.2 Å². The van der Waals surface area contributed by atoms with Gasteiger partial charge >= 0.3 is 0 Å². The molecular formula is C48H65N9O16. The summed E-state index contributed by atoms with van der Waals surface area (Å²) in [6.45, 7) is -1.58. The van der Waals surface area contributed by atoms with E-state index in [9.17, 15) is 68.1 Å². The summed E-state index contributed by atoms with van der Waals surface area (Å²) in [7, 11) is 1.00. The maximum absolute atomic E-state index is 14.5. The number of aliphatic hydroxyl groups is 5. The zero-order valence-corrected chi connectivity index (χ0v) is 40.3. The molecule has 4 rings (SSSR count). The third-order valence-corrected chi connectivity index (χ3v) is 11.6. The summed E-state index contributed by atoms with van der Waals surface area (Å²) in [5.74, 6) is -8.88. The number of amides is 9. The van der Waals surface area contributed by atoms with E-state index >= 15 is 0 Å². The molecule has 1 fully saturated rings. The molecule has 0 aromatic heterocycles. The molecule has 0 saturated carbocycles. The number of carbonyl (C=O) groups is 11. The van der Waals surface area contributed by atoms with Crippen LogP contribution in [-0.4, -0.2) is 192 Å².